The molecule has 2 aliphatic rings. The lowest BCUT2D eigenvalue weighted by molar-refractivity contribution is -0.139. The van der Waals surface area contributed by atoms with Crippen LogP contribution in [0, 0.1) is 0 Å². The lowest BCUT2D eigenvalue weighted by Gasteiger charge is -2.28. The van der Waals surface area contributed by atoms with Crippen LogP contribution >= 0.6 is 0 Å². The van der Waals surface area contributed by atoms with E-state index in [1.54, 1.807) is 34.6 Å². The van der Waals surface area contributed by atoms with Crippen LogP contribution in [0.5, 0.6) is 0 Å². The standard InChI is InChI=1S/C37H60N4O11/c1-3-4-25-49-34(42)9-13-38(17-19-40-21-28-47-29-22-40)14-10-35(43)50-26-7-5-6-8-27-51-36(44)11-15-39(16-12-37(45)52-33-32-46-2)18-20-41-23-30-48-31-24-41/h9-16H,3-8,17-33H2,1-2H3/b13-9+,14-10+,15-11+,16-12+. The first-order valence-electron chi connectivity index (χ1n) is 18.4. The first kappa shape index (κ1) is 44.4. The molecule has 0 spiro atoms. The van der Waals surface area contributed by atoms with Gasteiger partial charge in [0.1, 0.15) is 6.61 Å². The Morgan fingerprint density at radius 1 is 0.538 bits per heavy atom. The summed E-state index contributed by atoms with van der Waals surface area (Å²) in [4.78, 5) is 56.7. The minimum atomic E-state index is -0.497. The molecule has 2 fully saturated rings. The molecule has 0 saturated carbocycles. The minimum absolute atomic E-state index is 0.159. The molecule has 2 heterocycles. The molecular weight excluding hydrogens is 676 g/mol. The van der Waals surface area contributed by atoms with E-state index in [1.165, 1.54) is 31.4 Å². The predicted molar refractivity (Wildman–Crippen MR) is 194 cm³/mol. The summed E-state index contributed by atoms with van der Waals surface area (Å²) in [5.74, 6) is -1.86. The molecule has 0 aromatic heterocycles. The number of rotatable bonds is 27. The van der Waals surface area contributed by atoms with Crippen LogP contribution in [0.1, 0.15) is 45.4 Å². The molecule has 52 heavy (non-hydrogen) atoms. The van der Waals surface area contributed by atoms with Crippen LogP contribution in [0.4, 0.5) is 0 Å². The van der Waals surface area contributed by atoms with Crippen LogP contribution in [0.15, 0.2) is 49.1 Å². The van der Waals surface area contributed by atoms with Crippen LogP contribution in [0.2, 0.25) is 0 Å². The summed E-state index contributed by atoms with van der Waals surface area (Å²) < 4.78 is 36.6. The highest BCUT2D eigenvalue weighted by molar-refractivity contribution is 5.83. The number of unbranched alkanes of at least 4 members (excludes halogenated alkanes) is 4. The van der Waals surface area contributed by atoms with Crippen molar-refractivity contribution in [3.8, 4) is 0 Å². The second-order valence-corrected chi connectivity index (χ2v) is 12.1. The van der Waals surface area contributed by atoms with Gasteiger partial charge in [-0.1, -0.05) is 13.3 Å². The molecule has 2 aliphatic heterocycles. The van der Waals surface area contributed by atoms with Crippen molar-refractivity contribution in [3.63, 3.8) is 0 Å². The Kier molecular flexibility index (Phi) is 25.4. The molecule has 15 nitrogen and oxygen atoms in total. The number of hydrogen-bond donors (Lipinski definition) is 0. The van der Waals surface area contributed by atoms with Gasteiger partial charge in [-0.15, -0.1) is 0 Å². The van der Waals surface area contributed by atoms with Crippen molar-refractivity contribution in [3.05, 3.63) is 49.1 Å². The third-order valence-electron chi connectivity index (χ3n) is 7.97. The topological polar surface area (TPSA) is 146 Å². The van der Waals surface area contributed by atoms with Gasteiger partial charge in [0.15, 0.2) is 0 Å². The zero-order valence-corrected chi connectivity index (χ0v) is 31.2. The summed E-state index contributed by atoms with van der Waals surface area (Å²) in [6, 6.07) is 0. The molecule has 15 heteroatoms. The van der Waals surface area contributed by atoms with E-state index in [9.17, 15) is 19.2 Å². The third kappa shape index (κ3) is 23.7. The van der Waals surface area contributed by atoms with Gasteiger partial charge in [-0.3, -0.25) is 9.80 Å². The van der Waals surface area contributed by atoms with Gasteiger partial charge >= 0.3 is 23.9 Å². The monoisotopic (exact) mass is 736 g/mol. The van der Waals surface area contributed by atoms with Gasteiger partial charge in [-0.25, -0.2) is 19.2 Å². The fourth-order valence-electron chi connectivity index (χ4n) is 4.83. The van der Waals surface area contributed by atoms with Gasteiger partial charge < -0.3 is 43.0 Å². The Bertz CT molecular complexity index is 1030. The largest absolute Gasteiger partial charge is 0.462 e. The zero-order valence-electron chi connectivity index (χ0n) is 31.2. The Morgan fingerprint density at radius 3 is 1.27 bits per heavy atom. The smallest absolute Gasteiger partial charge is 0.332 e. The van der Waals surface area contributed by atoms with Gasteiger partial charge in [-0.2, -0.15) is 0 Å². The van der Waals surface area contributed by atoms with Crippen molar-refractivity contribution in [1.82, 2.24) is 19.6 Å². The molecule has 0 atom stereocenters. The van der Waals surface area contributed by atoms with Crippen molar-refractivity contribution in [2.75, 3.05) is 119 Å². The van der Waals surface area contributed by atoms with E-state index in [2.05, 4.69) is 9.80 Å². The van der Waals surface area contributed by atoms with Crippen LogP contribution < -0.4 is 0 Å². The zero-order chi connectivity index (χ0) is 37.5. The van der Waals surface area contributed by atoms with Crippen molar-refractivity contribution < 1.29 is 52.3 Å². The highest BCUT2D eigenvalue weighted by atomic mass is 16.6. The number of carbonyl (C=O) groups excluding carboxylic acids is 4. The molecule has 0 aromatic carbocycles. The van der Waals surface area contributed by atoms with Gasteiger partial charge in [-0.05, 0) is 32.1 Å². The Labute approximate surface area is 309 Å². The quantitative estimate of drug-likeness (QED) is 0.0527. The molecule has 0 bridgehead atoms. The highest BCUT2D eigenvalue weighted by Crippen LogP contribution is 2.05. The van der Waals surface area contributed by atoms with Crippen molar-refractivity contribution >= 4 is 23.9 Å². The molecule has 0 unspecified atom stereocenters. The Hall–Kier alpha value is -3.76. The molecule has 0 radical (unpaired) electrons. The van der Waals surface area contributed by atoms with Crippen LogP contribution in [0.25, 0.3) is 0 Å². The number of carbonyl (C=O) groups is 4. The van der Waals surface area contributed by atoms with E-state index in [0.29, 0.717) is 65.6 Å². The number of morpholine rings is 2. The number of hydrogen-bond acceptors (Lipinski definition) is 15. The summed E-state index contributed by atoms with van der Waals surface area (Å²) >= 11 is 0. The Balaban J connectivity index is 1.67. The number of nitrogens with zero attached hydrogens (tertiary/aromatic N) is 4. The van der Waals surface area contributed by atoms with Gasteiger partial charge in [0.2, 0.25) is 0 Å². The average Bonchev–Trinajstić information content (AvgIpc) is 3.16. The first-order chi connectivity index (χ1) is 25.4. The first-order valence-corrected chi connectivity index (χ1v) is 18.4. The number of ether oxygens (including phenoxy) is 7. The van der Waals surface area contributed by atoms with E-state index < -0.39 is 23.9 Å². The number of methoxy groups -OCH3 is 1. The normalized spacial score (nSPS) is 15.8. The van der Waals surface area contributed by atoms with Gasteiger partial charge in [0, 0.05) is 109 Å². The maximum absolute atomic E-state index is 12.4. The summed E-state index contributed by atoms with van der Waals surface area (Å²) in [5, 5.41) is 0. The summed E-state index contributed by atoms with van der Waals surface area (Å²) in [7, 11) is 1.53. The molecule has 0 amide bonds. The molecule has 2 rings (SSSR count). The SMILES string of the molecule is CCCCOC(=O)/C=C/N(/C=C/C(=O)OCCCCCCOC(=O)/C=C/N(/C=C/C(=O)OCCOC)CCN1CCOCC1)CCN1CCOCC1. The maximum Gasteiger partial charge on any atom is 0.332 e. The van der Waals surface area contributed by atoms with E-state index in [1.807, 2.05) is 6.92 Å². The summed E-state index contributed by atoms with van der Waals surface area (Å²) in [6.07, 6.45) is 16.5. The average molecular weight is 737 g/mol. The predicted octanol–water partition coefficient (Wildman–Crippen LogP) is 2.49. The van der Waals surface area contributed by atoms with Crippen LogP contribution in [-0.4, -0.2) is 162 Å². The van der Waals surface area contributed by atoms with Crippen molar-refractivity contribution in [2.45, 2.75) is 45.4 Å². The molecule has 0 aromatic rings. The molecule has 0 aliphatic carbocycles. The summed E-state index contributed by atoms with van der Waals surface area (Å²) in [6.45, 7) is 12.1. The lowest BCUT2D eigenvalue weighted by atomic mass is 10.2. The van der Waals surface area contributed by atoms with E-state index in [0.717, 1.165) is 65.0 Å². The second-order valence-electron chi connectivity index (χ2n) is 12.1. The molecular formula is C37H60N4O11. The molecule has 0 N–H and O–H groups in total. The van der Waals surface area contributed by atoms with Crippen molar-refractivity contribution in [1.29, 1.82) is 0 Å². The third-order valence-corrected chi connectivity index (χ3v) is 7.97. The summed E-state index contributed by atoms with van der Waals surface area (Å²) in [5.41, 5.74) is 0. The fraction of sp³-hybridized carbons (Fsp3) is 0.676. The second kappa shape index (κ2) is 29.8. The van der Waals surface area contributed by atoms with E-state index in [4.69, 9.17) is 33.2 Å². The fourth-order valence-corrected chi connectivity index (χ4v) is 4.83. The maximum atomic E-state index is 12.4. The Morgan fingerprint density at radius 2 is 0.904 bits per heavy atom. The number of esters is 4. The highest BCUT2D eigenvalue weighted by Gasteiger charge is 2.12. The molecule has 294 valence electrons. The van der Waals surface area contributed by atoms with Crippen LogP contribution in [0.3, 0.4) is 0 Å². The van der Waals surface area contributed by atoms with Gasteiger partial charge in [0.25, 0.3) is 0 Å². The lowest BCUT2D eigenvalue weighted by Crippen LogP contribution is -2.39. The van der Waals surface area contributed by atoms with E-state index >= 15 is 0 Å². The van der Waals surface area contributed by atoms with Crippen LogP contribution in [-0.2, 0) is 52.3 Å². The van der Waals surface area contributed by atoms with Gasteiger partial charge in [0.05, 0.1) is 52.9 Å². The molecule has 2 saturated heterocycles. The van der Waals surface area contributed by atoms with E-state index in [-0.39, 0.29) is 19.8 Å². The minimum Gasteiger partial charge on any atom is -0.462 e. The van der Waals surface area contributed by atoms with Crippen molar-refractivity contribution in [2.24, 2.45) is 0 Å².